The van der Waals surface area contributed by atoms with Gasteiger partial charge in [0.1, 0.15) is 5.82 Å². The number of carbonyl (C=O) groups is 1. The second-order valence-corrected chi connectivity index (χ2v) is 6.38. The first-order chi connectivity index (χ1) is 9.81. The van der Waals surface area contributed by atoms with Crippen molar-refractivity contribution in [2.24, 2.45) is 5.41 Å². The molecule has 1 amide bonds. The Balaban J connectivity index is 2.61. The van der Waals surface area contributed by atoms with Crippen LogP contribution in [0.5, 0.6) is 0 Å². The van der Waals surface area contributed by atoms with Crippen molar-refractivity contribution in [2.45, 2.75) is 27.2 Å². The van der Waals surface area contributed by atoms with Crippen molar-refractivity contribution in [1.82, 2.24) is 4.90 Å². The molecular formula is C16H25FN2O2. The lowest BCUT2D eigenvalue weighted by atomic mass is 9.96. The fourth-order valence-corrected chi connectivity index (χ4v) is 2.13. The number of nitrogens with one attached hydrogen (secondary N) is 1. The third-order valence-electron chi connectivity index (χ3n) is 2.85. The zero-order valence-electron chi connectivity index (χ0n) is 13.0. The predicted molar refractivity (Wildman–Crippen MR) is 82.6 cm³/mol. The van der Waals surface area contributed by atoms with Crippen molar-refractivity contribution >= 4 is 11.6 Å². The molecule has 0 atom stereocenters. The Morgan fingerprint density at radius 1 is 1.33 bits per heavy atom. The van der Waals surface area contributed by atoms with Gasteiger partial charge in [-0.2, -0.15) is 0 Å². The second-order valence-electron chi connectivity index (χ2n) is 6.38. The third-order valence-corrected chi connectivity index (χ3v) is 2.85. The molecule has 0 bridgehead atoms. The molecule has 1 aromatic carbocycles. The van der Waals surface area contributed by atoms with Gasteiger partial charge in [-0.3, -0.25) is 9.69 Å². The van der Waals surface area contributed by atoms with E-state index in [9.17, 15) is 9.18 Å². The number of amides is 1. The minimum absolute atomic E-state index is 0.0493. The number of aliphatic hydroxyl groups is 1. The van der Waals surface area contributed by atoms with Gasteiger partial charge in [-0.15, -0.1) is 0 Å². The van der Waals surface area contributed by atoms with Gasteiger partial charge in [0.2, 0.25) is 5.91 Å². The van der Waals surface area contributed by atoms with Crippen molar-refractivity contribution in [3.8, 4) is 0 Å². The minimum atomic E-state index is -0.441. The topological polar surface area (TPSA) is 52.6 Å². The molecule has 0 spiro atoms. The van der Waals surface area contributed by atoms with Crippen molar-refractivity contribution in [3.63, 3.8) is 0 Å². The van der Waals surface area contributed by atoms with Gasteiger partial charge in [-0.05, 0) is 24.0 Å². The van der Waals surface area contributed by atoms with Crippen LogP contribution in [0.3, 0.4) is 0 Å². The molecule has 1 aromatic rings. The van der Waals surface area contributed by atoms with Crippen molar-refractivity contribution in [2.75, 3.05) is 31.6 Å². The molecule has 118 valence electrons. The van der Waals surface area contributed by atoms with Crippen LogP contribution >= 0.6 is 0 Å². The van der Waals surface area contributed by atoms with Crippen LogP contribution < -0.4 is 5.32 Å². The first-order valence-electron chi connectivity index (χ1n) is 7.19. The van der Waals surface area contributed by atoms with Crippen LogP contribution in [0.25, 0.3) is 0 Å². The molecule has 0 aromatic heterocycles. The maximum atomic E-state index is 13.5. The Morgan fingerprint density at radius 2 is 2.00 bits per heavy atom. The number of benzene rings is 1. The molecule has 0 heterocycles. The Morgan fingerprint density at radius 3 is 2.57 bits per heavy atom. The number of carbonyl (C=O) groups excluding carboxylic acids is 1. The first-order valence-corrected chi connectivity index (χ1v) is 7.19. The highest BCUT2D eigenvalue weighted by Gasteiger charge is 2.19. The number of hydrogen-bond donors (Lipinski definition) is 2. The fourth-order valence-electron chi connectivity index (χ4n) is 2.13. The summed E-state index contributed by atoms with van der Waals surface area (Å²) in [4.78, 5) is 14.0. The highest BCUT2D eigenvalue weighted by Crippen LogP contribution is 2.16. The van der Waals surface area contributed by atoms with Crippen LogP contribution in [-0.4, -0.2) is 42.2 Å². The SMILES string of the molecule is CC(C)(C)CN(CCCO)CC(=O)Nc1ccccc1F. The Kier molecular flexibility index (Phi) is 6.78. The van der Waals surface area contributed by atoms with Crippen LogP contribution in [0.4, 0.5) is 10.1 Å². The first kappa shape index (κ1) is 17.6. The quantitative estimate of drug-likeness (QED) is 0.813. The summed E-state index contributed by atoms with van der Waals surface area (Å²) in [5.41, 5.74) is 0.244. The van der Waals surface area contributed by atoms with E-state index in [0.29, 0.717) is 13.0 Å². The molecule has 1 rings (SSSR count). The molecule has 5 heteroatoms. The normalized spacial score (nSPS) is 11.7. The lowest BCUT2D eigenvalue weighted by molar-refractivity contribution is -0.117. The molecule has 0 radical (unpaired) electrons. The summed E-state index contributed by atoms with van der Waals surface area (Å²) < 4.78 is 13.5. The van der Waals surface area contributed by atoms with Crippen LogP contribution in [0.2, 0.25) is 0 Å². The molecule has 0 aliphatic carbocycles. The summed E-state index contributed by atoms with van der Waals surface area (Å²) in [6.07, 6.45) is 0.614. The van der Waals surface area contributed by atoms with E-state index in [1.54, 1.807) is 12.1 Å². The highest BCUT2D eigenvalue weighted by atomic mass is 19.1. The maximum absolute atomic E-state index is 13.5. The lowest BCUT2D eigenvalue weighted by Gasteiger charge is -2.29. The van der Waals surface area contributed by atoms with E-state index in [0.717, 1.165) is 6.54 Å². The molecule has 0 fully saturated rings. The van der Waals surface area contributed by atoms with Gasteiger partial charge in [0.05, 0.1) is 12.2 Å². The third kappa shape index (κ3) is 7.20. The van der Waals surface area contributed by atoms with Crippen LogP contribution in [0.1, 0.15) is 27.2 Å². The van der Waals surface area contributed by atoms with Gasteiger partial charge in [-0.1, -0.05) is 32.9 Å². The predicted octanol–water partition coefficient (Wildman–Crippen LogP) is 2.49. The van der Waals surface area contributed by atoms with Gasteiger partial charge in [0.25, 0.3) is 0 Å². The molecule has 2 N–H and O–H groups in total. The average molecular weight is 296 g/mol. The van der Waals surface area contributed by atoms with Gasteiger partial charge >= 0.3 is 0 Å². The number of aliphatic hydroxyl groups excluding tert-OH is 1. The molecule has 0 saturated heterocycles. The van der Waals surface area contributed by atoms with Crippen molar-refractivity contribution in [3.05, 3.63) is 30.1 Å². The van der Waals surface area contributed by atoms with E-state index < -0.39 is 5.82 Å². The minimum Gasteiger partial charge on any atom is -0.396 e. The number of halogens is 1. The molecule has 0 saturated carbocycles. The fraction of sp³-hybridized carbons (Fsp3) is 0.562. The van der Waals surface area contributed by atoms with Gasteiger partial charge in [0.15, 0.2) is 0 Å². The Labute approximate surface area is 126 Å². The Bertz CT molecular complexity index is 458. The van der Waals surface area contributed by atoms with Gasteiger partial charge in [0, 0.05) is 19.7 Å². The van der Waals surface area contributed by atoms with E-state index in [4.69, 9.17) is 5.11 Å². The Hall–Kier alpha value is -1.46. The summed E-state index contributed by atoms with van der Waals surface area (Å²) in [6, 6.07) is 6.11. The zero-order chi connectivity index (χ0) is 15.9. The molecule has 0 unspecified atom stereocenters. The van der Waals surface area contributed by atoms with Crippen LogP contribution in [-0.2, 0) is 4.79 Å². The molecule has 4 nitrogen and oxygen atoms in total. The smallest absolute Gasteiger partial charge is 0.238 e. The molecule has 0 aliphatic heterocycles. The zero-order valence-corrected chi connectivity index (χ0v) is 13.0. The largest absolute Gasteiger partial charge is 0.396 e. The van der Waals surface area contributed by atoms with E-state index in [2.05, 4.69) is 26.1 Å². The molecule has 21 heavy (non-hydrogen) atoms. The summed E-state index contributed by atoms with van der Waals surface area (Å²) in [5, 5.41) is 11.5. The van der Waals surface area contributed by atoms with E-state index >= 15 is 0 Å². The number of para-hydroxylation sites is 1. The van der Waals surface area contributed by atoms with E-state index in [1.165, 1.54) is 12.1 Å². The number of nitrogens with zero attached hydrogens (tertiary/aromatic N) is 1. The monoisotopic (exact) mass is 296 g/mol. The standard InChI is InChI=1S/C16H25FN2O2/c1-16(2,3)12-19(9-6-10-20)11-15(21)18-14-8-5-4-7-13(14)17/h4-5,7-8,20H,6,9-12H2,1-3H3,(H,18,21). The maximum Gasteiger partial charge on any atom is 0.238 e. The number of rotatable bonds is 7. The average Bonchev–Trinajstić information content (AvgIpc) is 2.37. The van der Waals surface area contributed by atoms with Gasteiger partial charge < -0.3 is 10.4 Å². The summed E-state index contributed by atoms with van der Waals surface area (Å²) in [5.74, 6) is -0.689. The summed E-state index contributed by atoms with van der Waals surface area (Å²) in [7, 11) is 0. The van der Waals surface area contributed by atoms with Gasteiger partial charge in [-0.25, -0.2) is 4.39 Å². The van der Waals surface area contributed by atoms with Crippen molar-refractivity contribution in [1.29, 1.82) is 0 Å². The number of hydrogen-bond acceptors (Lipinski definition) is 3. The highest BCUT2D eigenvalue weighted by molar-refractivity contribution is 5.92. The lowest BCUT2D eigenvalue weighted by Crippen LogP contribution is -2.39. The van der Waals surface area contributed by atoms with Crippen LogP contribution in [0, 0.1) is 11.2 Å². The second kappa shape index (κ2) is 8.10. The summed E-state index contributed by atoms with van der Waals surface area (Å²) >= 11 is 0. The molecular weight excluding hydrogens is 271 g/mol. The van der Waals surface area contributed by atoms with Crippen molar-refractivity contribution < 1.29 is 14.3 Å². The summed E-state index contributed by atoms with van der Waals surface area (Å²) in [6.45, 7) is 7.92. The van der Waals surface area contributed by atoms with E-state index in [-0.39, 0.29) is 30.2 Å². The number of anilines is 1. The van der Waals surface area contributed by atoms with Crippen LogP contribution in [0.15, 0.2) is 24.3 Å². The molecule has 0 aliphatic rings. The van der Waals surface area contributed by atoms with E-state index in [1.807, 2.05) is 4.90 Å².